The maximum Gasteiger partial charge on any atom is 0.331 e. The molecule has 0 aromatic rings. The van der Waals surface area contributed by atoms with E-state index in [1.807, 2.05) is 0 Å². The van der Waals surface area contributed by atoms with Crippen molar-refractivity contribution in [2.45, 2.75) is 6.42 Å². The van der Waals surface area contributed by atoms with Gasteiger partial charge in [-0.2, -0.15) is 0 Å². The Labute approximate surface area is 146 Å². The summed E-state index contributed by atoms with van der Waals surface area (Å²) in [5.41, 5.74) is 1.20. The molecule has 2 aliphatic heterocycles. The quantitative estimate of drug-likeness (QED) is 0.507. The molecule has 0 saturated carbocycles. The summed E-state index contributed by atoms with van der Waals surface area (Å²) in [5.74, 6) is -1.57. The number of esters is 2. The van der Waals surface area contributed by atoms with Crippen molar-refractivity contribution in [1.82, 2.24) is 10.2 Å². The van der Waals surface area contributed by atoms with Crippen molar-refractivity contribution in [2.24, 2.45) is 0 Å². The van der Waals surface area contributed by atoms with Gasteiger partial charge in [-0.05, 0) is 5.57 Å². The van der Waals surface area contributed by atoms with Crippen molar-refractivity contribution >= 4 is 17.8 Å². The predicted octanol–water partition coefficient (Wildman–Crippen LogP) is -0.0788. The molecule has 0 bridgehead atoms. The summed E-state index contributed by atoms with van der Waals surface area (Å²) in [4.78, 5) is 36.5. The third-order valence-electron chi connectivity index (χ3n) is 3.59. The van der Waals surface area contributed by atoms with Crippen molar-refractivity contribution < 1.29 is 28.6 Å². The van der Waals surface area contributed by atoms with Gasteiger partial charge in [0.25, 0.3) is 0 Å². The normalized spacial score (nSPS) is 18.6. The smallest absolute Gasteiger partial charge is 0.331 e. The number of rotatable bonds is 7. The van der Waals surface area contributed by atoms with Crippen molar-refractivity contribution in [1.29, 1.82) is 0 Å². The highest BCUT2D eigenvalue weighted by atomic mass is 16.5. The first kappa shape index (κ1) is 18.9. The number of amides is 1. The molecule has 2 rings (SSSR count). The summed E-state index contributed by atoms with van der Waals surface area (Å²) in [6.45, 7) is 7.53. The highest BCUT2D eigenvalue weighted by Crippen LogP contribution is 2.12. The zero-order chi connectivity index (χ0) is 18.1. The SMILES string of the molecule is C=C1CC(COC(=O)/C=C/C(=O)OCCN2CCOCC2)=CC(=O)N1. The van der Waals surface area contributed by atoms with E-state index < -0.39 is 11.9 Å². The van der Waals surface area contributed by atoms with Crippen LogP contribution in [0.3, 0.4) is 0 Å². The van der Waals surface area contributed by atoms with Gasteiger partial charge in [-0.25, -0.2) is 9.59 Å². The van der Waals surface area contributed by atoms with E-state index in [4.69, 9.17) is 14.2 Å². The fourth-order valence-corrected chi connectivity index (χ4v) is 2.35. The molecule has 2 heterocycles. The monoisotopic (exact) mass is 350 g/mol. The molecule has 1 fully saturated rings. The van der Waals surface area contributed by atoms with Crippen molar-refractivity contribution in [3.05, 3.63) is 36.1 Å². The average Bonchev–Trinajstić information content (AvgIpc) is 2.58. The van der Waals surface area contributed by atoms with E-state index in [0.29, 0.717) is 37.4 Å². The van der Waals surface area contributed by atoms with Crippen molar-refractivity contribution in [3.63, 3.8) is 0 Å². The zero-order valence-corrected chi connectivity index (χ0v) is 14.0. The van der Waals surface area contributed by atoms with Gasteiger partial charge in [-0.1, -0.05) is 6.58 Å². The highest BCUT2D eigenvalue weighted by molar-refractivity contribution is 5.92. The molecule has 2 aliphatic rings. The highest BCUT2D eigenvalue weighted by Gasteiger charge is 2.13. The van der Waals surface area contributed by atoms with Crippen LogP contribution in [0, 0.1) is 0 Å². The van der Waals surface area contributed by atoms with Crippen molar-refractivity contribution in [3.8, 4) is 0 Å². The summed E-state index contributed by atoms with van der Waals surface area (Å²) in [7, 11) is 0. The van der Waals surface area contributed by atoms with Gasteiger partial charge in [-0.3, -0.25) is 9.69 Å². The largest absolute Gasteiger partial charge is 0.461 e. The van der Waals surface area contributed by atoms with Crippen molar-refractivity contribution in [2.75, 3.05) is 46.1 Å². The van der Waals surface area contributed by atoms with Crippen LogP contribution in [0.5, 0.6) is 0 Å². The minimum Gasteiger partial charge on any atom is -0.461 e. The Balaban J connectivity index is 1.62. The molecular weight excluding hydrogens is 328 g/mol. The van der Waals surface area contributed by atoms with Gasteiger partial charge >= 0.3 is 11.9 Å². The predicted molar refractivity (Wildman–Crippen MR) is 88.3 cm³/mol. The number of nitrogens with zero attached hydrogens (tertiary/aromatic N) is 1. The Morgan fingerprint density at radius 1 is 1.24 bits per heavy atom. The van der Waals surface area contributed by atoms with Gasteiger partial charge in [0.05, 0.1) is 13.2 Å². The molecule has 136 valence electrons. The Kier molecular flexibility index (Phi) is 7.36. The molecule has 0 atom stereocenters. The van der Waals surface area contributed by atoms with Gasteiger partial charge in [0, 0.05) is 50.0 Å². The lowest BCUT2D eigenvalue weighted by Crippen LogP contribution is -2.38. The fraction of sp³-hybridized carbons (Fsp3) is 0.471. The second kappa shape index (κ2) is 9.75. The molecule has 8 heteroatoms. The summed E-state index contributed by atoms with van der Waals surface area (Å²) in [5, 5.41) is 2.54. The van der Waals surface area contributed by atoms with Gasteiger partial charge in [-0.15, -0.1) is 0 Å². The number of ether oxygens (including phenoxy) is 3. The fourth-order valence-electron chi connectivity index (χ4n) is 2.35. The second-order valence-corrected chi connectivity index (χ2v) is 5.63. The number of hydrogen-bond donors (Lipinski definition) is 1. The summed E-state index contributed by atoms with van der Waals surface area (Å²) in [6, 6.07) is 0. The van der Waals surface area contributed by atoms with E-state index in [-0.39, 0.29) is 19.1 Å². The minimum atomic E-state index is -0.678. The van der Waals surface area contributed by atoms with Crippen LogP contribution in [-0.2, 0) is 28.6 Å². The lowest BCUT2D eigenvalue weighted by molar-refractivity contribution is -0.140. The third kappa shape index (κ3) is 7.32. The van der Waals surface area contributed by atoms with Gasteiger partial charge < -0.3 is 19.5 Å². The number of nitrogens with one attached hydrogen (secondary N) is 1. The van der Waals surface area contributed by atoms with E-state index in [1.165, 1.54) is 6.08 Å². The minimum absolute atomic E-state index is 0.0261. The first-order valence-corrected chi connectivity index (χ1v) is 8.03. The number of hydrogen-bond acceptors (Lipinski definition) is 7. The van der Waals surface area contributed by atoms with Crippen LogP contribution in [0.15, 0.2) is 36.1 Å². The van der Waals surface area contributed by atoms with Gasteiger partial charge in [0.2, 0.25) is 5.91 Å². The molecule has 0 unspecified atom stereocenters. The number of carbonyl (C=O) groups excluding carboxylic acids is 3. The first-order valence-electron chi connectivity index (χ1n) is 8.03. The number of allylic oxidation sites excluding steroid dienone is 1. The van der Waals surface area contributed by atoms with Crippen LogP contribution in [-0.4, -0.2) is 68.8 Å². The van der Waals surface area contributed by atoms with Gasteiger partial charge in [0.1, 0.15) is 13.2 Å². The Hall–Kier alpha value is -2.45. The number of carbonyl (C=O) groups is 3. The molecule has 0 spiro atoms. The Bertz CT molecular complexity index is 590. The topological polar surface area (TPSA) is 94.2 Å². The second-order valence-electron chi connectivity index (χ2n) is 5.63. The molecule has 1 saturated heterocycles. The standard InChI is InChI=1S/C17H22N2O6/c1-13-10-14(11-15(20)18-13)12-25-17(22)3-2-16(21)24-9-6-19-4-7-23-8-5-19/h2-3,11H,1,4-10,12H2,(H,18,20)/b3-2+. The number of morpholine rings is 1. The molecule has 1 amide bonds. The lowest BCUT2D eigenvalue weighted by Gasteiger charge is -2.25. The van der Waals surface area contributed by atoms with Crippen LogP contribution < -0.4 is 5.32 Å². The molecular formula is C17H22N2O6. The van der Waals surface area contributed by atoms with E-state index >= 15 is 0 Å². The van der Waals surface area contributed by atoms with E-state index in [1.54, 1.807) is 0 Å². The molecule has 8 nitrogen and oxygen atoms in total. The Morgan fingerprint density at radius 2 is 1.92 bits per heavy atom. The van der Waals surface area contributed by atoms with Crippen LogP contribution in [0.4, 0.5) is 0 Å². The van der Waals surface area contributed by atoms with Gasteiger partial charge in [0.15, 0.2) is 0 Å². The molecule has 0 aliphatic carbocycles. The van der Waals surface area contributed by atoms with Crippen LogP contribution >= 0.6 is 0 Å². The molecule has 0 aromatic heterocycles. The maximum absolute atomic E-state index is 11.6. The molecule has 0 aromatic carbocycles. The molecule has 0 radical (unpaired) electrons. The third-order valence-corrected chi connectivity index (χ3v) is 3.59. The summed E-state index contributed by atoms with van der Waals surface area (Å²) in [6.07, 6.45) is 3.84. The van der Waals surface area contributed by atoms with E-state index in [9.17, 15) is 14.4 Å². The van der Waals surface area contributed by atoms with Crippen LogP contribution in [0.25, 0.3) is 0 Å². The van der Waals surface area contributed by atoms with E-state index in [0.717, 1.165) is 25.2 Å². The molecule has 25 heavy (non-hydrogen) atoms. The first-order chi connectivity index (χ1) is 12.0. The zero-order valence-electron chi connectivity index (χ0n) is 14.0. The van der Waals surface area contributed by atoms with Crippen LogP contribution in [0.2, 0.25) is 0 Å². The summed E-state index contributed by atoms with van der Waals surface area (Å²) >= 11 is 0. The van der Waals surface area contributed by atoms with E-state index in [2.05, 4.69) is 16.8 Å². The maximum atomic E-state index is 11.6. The molecule has 1 N–H and O–H groups in total. The lowest BCUT2D eigenvalue weighted by atomic mass is 10.1. The summed E-state index contributed by atoms with van der Waals surface area (Å²) < 4.78 is 15.2. The van der Waals surface area contributed by atoms with Crippen LogP contribution in [0.1, 0.15) is 6.42 Å². The average molecular weight is 350 g/mol. The Morgan fingerprint density at radius 3 is 2.60 bits per heavy atom.